The molecule has 1 amide bonds. The molecule has 0 aromatic carbocycles. The van der Waals surface area contributed by atoms with E-state index in [0.717, 1.165) is 37.9 Å². The molecule has 108 valence electrons. The topological polar surface area (TPSA) is 66.4 Å². The van der Waals surface area contributed by atoms with Crippen LogP contribution in [0.5, 0.6) is 0 Å². The Morgan fingerprint density at radius 2 is 1.95 bits per heavy atom. The number of hydrogen-bond acceptors (Lipinski definition) is 3. The zero-order chi connectivity index (χ0) is 14.1. The number of carboxylic acid groups (broad SMARTS) is 1. The smallest absolute Gasteiger partial charge is 0.311 e. The summed E-state index contributed by atoms with van der Waals surface area (Å²) in [4.78, 5) is 23.9. The van der Waals surface area contributed by atoms with Gasteiger partial charge in [-0.15, -0.1) is 11.8 Å². The standard InChI is InChI=1S/C14H23NO3S/c1-13(12(17)18)7-4-3-6-10(13)15-11(16)14(2)8-5-9-19-14/h10H,3-9H2,1-2H3,(H,15,16)(H,17,18). The SMILES string of the molecule is CC1(C(=O)NC2CCCCC2(C)C(=O)O)CCCS1. The highest BCUT2D eigenvalue weighted by Crippen LogP contribution is 2.40. The minimum absolute atomic E-state index is 0.0226. The minimum atomic E-state index is -0.812. The van der Waals surface area contributed by atoms with Crippen molar-refractivity contribution >= 4 is 23.6 Å². The van der Waals surface area contributed by atoms with Gasteiger partial charge in [0.15, 0.2) is 0 Å². The number of rotatable bonds is 3. The molecule has 2 fully saturated rings. The molecule has 0 radical (unpaired) electrons. The van der Waals surface area contributed by atoms with Gasteiger partial charge < -0.3 is 10.4 Å². The zero-order valence-electron chi connectivity index (χ0n) is 11.7. The Balaban J connectivity index is 2.08. The van der Waals surface area contributed by atoms with Gasteiger partial charge in [-0.05, 0) is 45.3 Å². The first kappa shape index (κ1) is 14.7. The maximum absolute atomic E-state index is 12.4. The van der Waals surface area contributed by atoms with Crippen LogP contribution in [0.2, 0.25) is 0 Å². The summed E-state index contributed by atoms with van der Waals surface area (Å²) in [6.45, 7) is 3.74. The Bertz CT molecular complexity index is 379. The van der Waals surface area contributed by atoms with Crippen molar-refractivity contribution in [3.8, 4) is 0 Å². The highest BCUT2D eigenvalue weighted by atomic mass is 32.2. The van der Waals surface area contributed by atoms with Crippen molar-refractivity contribution in [3.63, 3.8) is 0 Å². The van der Waals surface area contributed by atoms with Crippen LogP contribution in [0.3, 0.4) is 0 Å². The third-order valence-corrected chi connectivity index (χ3v) is 6.22. The van der Waals surface area contributed by atoms with E-state index >= 15 is 0 Å². The van der Waals surface area contributed by atoms with Crippen molar-refractivity contribution in [1.82, 2.24) is 5.32 Å². The molecule has 4 nitrogen and oxygen atoms in total. The Labute approximate surface area is 118 Å². The summed E-state index contributed by atoms with van der Waals surface area (Å²) in [6, 6.07) is -0.232. The molecule has 5 heteroatoms. The fourth-order valence-electron chi connectivity index (χ4n) is 3.09. The molecule has 1 heterocycles. The van der Waals surface area contributed by atoms with Crippen molar-refractivity contribution in [2.75, 3.05) is 5.75 Å². The van der Waals surface area contributed by atoms with Crippen molar-refractivity contribution in [2.24, 2.45) is 5.41 Å². The lowest BCUT2D eigenvalue weighted by molar-refractivity contribution is -0.152. The first-order chi connectivity index (χ1) is 8.88. The second kappa shape index (κ2) is 5.35. The lowest BCUT2D eigenvalue weighted by Crippen LogP contribution is -2.55. The quantitative estimate of drug-likeness (QED) is 0.835. The van der Waals surface area contributed by atoms with Crippen LogP contribution in [-0.2, 0) is 9.59 Å². The highest BCUT2D eigenvalue weighted by molar-refractivity contribution is 8.01. The number of thioether (sulfide) groups is 1. The van der Waals surface area contributed by atoms with E-state index in [2.05, 4.69) is 5.32 Å². The number of aliphatic carboxylic acids is 1. The van der Waals surface area contributed by atoms with Crippen molar-refractivity contribution in [2.45, 2.75) is 63.2 Å². The molecule has 1 saturated heterocycles. The molecular formula is C14H23NO3S. The van der Waals surface area contributed by atoms with Crippen LogP contribution in [0.1, 0.15) is 52.4 Å². The second-order valence-electron chi connectivity index (χ2n) is 6.18. The summed E-state index contributed by atoms with van der Waals surface area (Å²) in [5, 5.41) is 12.5. The molecule has 1 saturated carbocycles. The maximum Gasteiger partial charge on any atom is 0.311 e. The van der Waals surface area contributed by atoms with Gasteiger partial charge in [0, 0.05) is 6.04 Å². The molecule has 0 spiro atoms. The van der Waals surface area contributed by atoms with Gasteiger partial charge in [0.2, 0.25) is 5.91 Å². The Morgan fingerprint density at radius 3 is 2.53 bits per heavy atom. The number of amides is 1. The molecule has 0 bridgehead atoms. The predicted molar refractivity (Wildman–Crippen MR) is 76.2 cm³/mol. The Hall–Kier alpha value is -0.710. The fraction of sp³-hybridized carbons (Fsp3) is 0.857. The summed E-state index contributed by atoms with van der Waals surface area (Å²) in [5.41, 5.74) is -0.812. The molecule has 3 atom stereocenters. The highest BCUT2D eigenvalue weighted by Gasteiger charge is 2.46. The Morgan fingerprint density at radius 1 is 1.21 bits per heavy atom. The van der Waals surface area contributed by atoms with Gasteiger partial charge in [0.05, 0.1) is 10.2 Å². The van der Waals surface area contributed by atoms with E-state index in [0.29, 0.717) is 6.42 Å². The lowest BCUT2D eigenvalue weighted by atomic mass is 9.71. The molecule has 2 rings (SSSR count). The van der Waals surface area contributed by atoms with Crippen molar-refractivity contribution in [3.05, 3.63) is 0 Å². The second-order valence-corrected chi connectivity index (χ2v) is 7.78. The first-order valence-electron chi connectivity index (χ1n) is 7.07. The fourth-order valence-corrected chi connectivity index (χ4v) is 4.31. The summed E-state index contributed by atoms with van der Waals surface area (Å²) in [5.74, 6) is 0.251. The lowest BCUT2D eigenvalue weighted by Gasteiger charge is -2.39. The van der Waals surface area contributed by atoms with Gasteiger partial charge in [-0.1, -0.05) is 12.8 Å². The molecule has 3 unspecified atom stereocenters. The number of carbonyl (C=O) groups excluding carboxylic acids is 1. The van der Waals surface area contributed by atoms with Gasteiger partial charge in [0.1, 0.15) is 0 Å². The monoisotopic (exact) mass is 285 g/mol. The average molecular weight is 285 g/mol. The zero-order valence-corrected chi connectivity index (χ0v) is 12.5. The molecule has 2 N–H and O–H groups in total. The molecular weight excluding hydrogens is 262 g/mol. The summed E-state index contributed by atoms with van der Waals surface area (Å²) in [6.07, 6.45) is 5.31. The molecule has 19 heavy (non-hydrogen) atoms. The van der Waals surface area contributed by atoms with E-state index in [1.807, 2.05) is 6.92 Å². The number of hydrogen-bond donors (Lipinski definition) is 2. The van der Waals surface area contributed by atoms with E-state index in [4.69, 9.17) is 0 Å². The van der Waals surface area contributed by atoms with Crippen LogP contribution in [0.4, 0.5) is 0 Å². The molecule has 1 aliphatic heterocycles. The van der Waals surface area contributed by atoms with Crippen molar-refractivity contribution < 1.29 is 14.7 Å². The van der Waals surface area contributed by atoms with Gasteiger partial charge in [0.25, 0.3) is 0 Å². The number of carbonyl (C=O) groups is 2. The van der Waals surface area contributed by atoms with Crippen LogP contribution < -0.4 is 5.32 Å². The van der Waals surface area contributed by atoms with Crippen LogP contribution in [0, 0.1) is 5.41 Å². The largest absolute Gasteiger partial charge is 0.481 e. The van der Waals surface area contributed by atoms with E-state index in [1.54, 1.807) is 18.7 Å². The summed E-state index contributed by atoms with van der Waals surface area (Å²) < 4.78 is -0.364. The third-order valence-electron chi connectivity index (χ3n) is 4.70. The van der Waals surface area contributed by atoms with Crippen LogP contribution >= 0.6 is 11.8 Å². The average Bonchev–Trinajstić information content (AvgIpc) is 2.80. The minimum Gasteiger partial charge on any atom is -0.481 e. The predicted octanol–water partition coefficient (Wildman–Crippen LogP) is 2.42. The van der Waals surface area contributed by atoms with E-state index < -0.39 is 11.4 Å². The molecule has 0 aromatic rings. The Kier molecular flexibility index (Phi) is 4.14. The van der Waals surface area contributed by atoms with Gasteiger partial charge in [-0.25, -0.2) is 0 Å². The number of nitrogens with one attached hydrogen (secondary N) is 1. The van der Waals surface area contributed by atoms with Crippen molar-refractivity contribution in [1.29, 1.82) is 0 Å². The van der Waals surface area contributed by atoms with E-state index in [9.17, 15) is 14.7 Å². The molecule has 1 aliphatic carbocycles. The van der Waals surface area contributed by atoms with Crippen LogP contribution in [-0.4, -0.2) is 33.5 Å². The first-order valence-corrected chi connectivity index (χ1v) is 8.05. The summed E-state index contributed by atoms with van der Waals surface area (Å²) in [7, 11) is 0. The van der Waals surface area contributed by atoms with Crippen LogP contribution in [0.15, 0.2) is 0 Å². The van der Waals surface area contributed by atoms with Gasteiger partial charge in [-0.3, -0.25) is 9.59 Å². The summed E-state index contributed by atoms with van der Waals surface area (Å²) >= 11 is 1.69. The number of carboxylic acids is 1. The van der Waals surface area contributed by atoms with Gasteiger partial charge >= 0.3 is 5.97 Å². The van der Waals surface area contributed by atoms with E-state index in [-0.39, 0.29) is 16.7 Å². The van der Waals surface area contributed by atoms with Crippen LogP contribution in [0.25, 0.3) is 0 Å². The molecule has 2 aliphatic rings. The van der Waals surface area contributed by atoms with Gasteiger partial charge in [-0.2, -0.15) is 0 Å². The maximum atomic E-state index is 12.4. The third kappa shape index (κ3) is 2.76. The van der Waals surface area contributed by atoms with E-state index in [1.165, 1.54) is 0 Å². The molecule has 0 aromatic heterocycles. The normalized spacial score (nSPS) is 38.9.